The zero-order chi connectivity index (χ0) is 12.7. The van der Waals surface area contributed by atoms with Crippen molar-refractivity contribution in [2.75, 3.05) is 0 Å². The van der Waals surface area contributed by atoms with E-state index in [-0.39, 0.29) is 0 Å². The predicted octanol–water partition coefficient (Wildman–Crippen LogP) is 3.52. The largest absolute Gasteiger partial charge is 0.335 e. The van der Waals surface area contributed by atoms with Gasteiger partial charge in [-0.3, -0.25) is 0 Å². The summed E-state index contributed by atoms with van der Waals surface area (Å²) in [6.45, 7) is 10.8. The zero-order valence-electron chi connectivity index (χ0n) is 11.6. The monoisotopic (exact) mass is 231 g/mol. The Kier molecular flexibility index (Phi) is 2.94. The molecule has 92 valence electrons. The standard InChI is InChI=1S/C14H21N3/c1-8(2)11-7-17(6)14-12(11)13(9(3)4)15-10(5)16-14/h7-9H,1-6H3. The van der Waals surface area contributed by atoms with Crippen molar-refractivity contribution >= 4 is 11.0 Å². The van der Waals surface area contributed by atoms with Crippen molar-refractivity contribution < 1.29 is 0 Å². The second kappa shape index (κ2) is 4.13. The van der Waals surface area contributed by atoms with E-state index < -0.39 is 0 Å². The minimum absolute atomic E-state index is 0.430. The number of fused-ring (bicyclic) bond motifs is 1. The Labute approximate surface area is 103 Å². The molecule has 3 heteroatoms. The molecule has 2 heterocycles. The molecule has 0 aromatic carbocycles. The fourth-order valence-corrected chi connectivity index (χ4v) is 2.30. The van der Waals surface area contributed by atoms with E-state index in [4.69, 9.17) is 0 Å². The Morgan fingerprint density at radius 2 is 1.71 bits per heavy atom. The first kappa shape index (κ1) is 12.1. The molecule has 3 nitrogen and oxygen atoms in total. The molecule has 0 N–H and O–H groups in total. The molecule has 0 radical (unpaired) electrons. The zero-order valence-corrected chi connectivity index (χ0v) is 11.6. The number of aryl methyl sites for hydroxylation is 2. The fourth-order valence-electron chi connectivity index (χ4n) is 2.30. The van der Waals surface area contributed by atoms with E-state index in [0.717, 1.165) is 11.5 Å². The van der Waals surface area contributed by atoms with Crippen LogP contribution in [0.15, 0.2) is 6.20 Å². The van der Waals surface area contributed by atoms with Crippen molar-refractivity contribution in [1.29, 1.82) is 0 Å². The maximum Gasteiger partial charge on any atom is 0.143 e. The first-order valence-electron chi connectivity index (χ1n) is 6.25. The molecular weight excluding hydrogens is 210 g/mol. The lowest BCUT2D eigenvalue weighted by Crippen LogP contribution is -2.01. The van der Waals surface area contributed by atoms with E-state index in [9.17, 15) is 0 Å². The lowest BCUT2D eigenvalue weighted by Gasteiger charge is -2.10. The number of nitrogens with zero attached hydrogens (tertiary/aromatic N) is 3. The van der Waals surface area contributed by atoms with Crippen LogP contribution in [0.3, 0.4) is 0 Å². The minimum Gasteiger partial charge on any atom is -0.335 e. The first-order chi connectivity index (χ1) is 7.91. The summed E-state index contributed by atoms with van der Waals surface area (Å²) in [4.78, 5) is 9.21. The van der Waals surface area contributed by atoms with Gasteiger partial charge in [0, 0.05) is 18.6 Å². The molecule has 0 unspecified atom stereocenters. The van der Waals surface area contributed by atoms with Crippen LogP contribution in [0.4, 0.5) is 0 Å². The number of rotatable bonds is 2. The number of aromatic nitrogens is 3. The highest BCUT2D eigenvalue weighted by Crippen LogP contribution is 2.31. The van der Waals surface area contributed by atoms with E-state index in [0.29, 0.717) is 11.8 Å². The van der Waals surface area contributed by atoms with Gasteiger partial charge in [0.15, 0.2) is 0 Å². The molecule has 0 spiro atoms. The van der Waals surface area contributed by atoms with Gasteiger partial charge in [0.05, 0.1) is 5.69 Å². The van der Waals surface area contributed by atoms with Crippen molar-refractivity contribution in [2.24, 2.45) is 7.05 Å². The smallest absolute Gasteiger partial charge is 0.143 e. The van der Waals surface area contributed by atoms with Crippen LogP contribution in [0.1, 0.15) is 56.6 Å². The Morgan fingerprint density at radius 1 is 1.06 bits per heavy atom. The summed E-state index contributed by atoms with van der Waals surface area (Å²) in [7, 11) is 2.06. The highest BCUT2D eigenvalue weighted by Gasteiger charge is 2.18. The van der Waals surface area contributed by atoms with Gasteiger partial charge in [-0.2, -0.15) is 0 Å². The SMILES string of the molecule is Cc1nc(C(C)C)c2c(C(C)C)cn(C)c2n1. The predicted molar refractivity (Wildman–Crippen MR) is 71.4 cm³/mol. The van der Waals surface area contributed by atoms with E-state index in [2.05, 4.69) is 55.5 Å². The molecule has 2 rings (SSSR count). The summed E-state index contributed by atoms with van der Waals surface area (Å²) < 4.78 is 2.12. The van der Waals surface area contributed by atoms with Crippen LogP contribution in [0.5, 0.6) is 0 Å². The molecule has 0 saturated heterocycles. The quantitative estimate of drug-likeness (QED) is 0.791. The normalized spacial score (nSPS) is 12.0. The van der Waals surface area contributed by atoms with Gasteiger partial charge in [0.1, 0.15) is 11.5 Å². The van der Waals surface area contributed by atoms with Crippen LogP contribution in [0.2, 0.25) is 0 Å². The molecule has 0 atom stereocenters. The lowest BCUT2D eigenvalue weighted by atomic mass is 9.98. The van der Waals surface area contributed by atoms with Crippen LogP contribution in [0.25, 0.3) is 11.0 Å². The second-order valence-electron chi connectivity index (χ2n) is 5.36. The van der Waals surface area contributed by atoms with Gasteiger partial charge < -0.3 is 4.57 Å². The topological polar surface area (TPSA) is 30.7 Å². The van der Waals surface area contributed by atoms with Crippen molar-refractivity contribution in [3.63, 3.8) is 0 Å². The van der Waals surface area contributed by atoms with Crippen LogP contribution in [0, 0.1) is 6.92 Å². The average Bonchev–Trinajstić information content (AvgIpc) is 2.55. The van der Waals surface area contributed by atoms with Gasteiger partial charge in [-0.15, -0.1) is 0 Å². The van der Waals surface area contributed by atoms with Crippen molar-refractivity contribution in [2.45, 2.75) is 46.5 Å². The van der Waals surface area contributed by atoms with Gasteiger partial charge in [0.2, 0.25) is 0 Å². The fraction of sp³-hybridized carbons (Fsp3) is 0.571. The molecule has 17 heavy (non-hydrogen) atoms. The van der Waals surface area contributed by atoms with Crippen LogP contribution < -0.4 is 0 Å². The minimum atomic E-state index is 0.430. The van der Waals surface area contributed by atoms with E-state index >= 15 is 0 Å². The van der Waals surface area contributed by atoms with Gasteiger partial charge in [-0.05, 0) is 24.3 Å². The van der Waals surface area contributed by atoms with Crippen LogP contribution >= 0.6 is 0 Å². The Balaban J connectivity index is 2.88. The molecule has 0 aliphatic rings. The molecular formula is C14H21N3. The summed E-state index contributed by atoms with van der Waals surface area (Å²) in [5.41, 5.74) is 3.59. The molecule has 0 amide bonds. The molecule has 2 aromatic heterocycles. The van der Waals surface area contributed by atoms with E-state index in [1.807, 2.05) is 6.92 Å². The van der Waals surface area contributed by atoms with Crippen molar-refractivity contribution in [3.8, 4) is 0 Å². The van der Waals surface area contributed by atoms with Gasteiger partial charge in [-0.1, -0.05) is 27.7 Å². The third-order valence-corrected chi connectivity index (χ3v) is 3.15. The summed E-state index contributed by atoms with van der Waals surface area (Å²) >= 11 is 0. The second-order valence-corrected chi connectivity index (χ2v) is 5.36. The van der Waals surface area contributed by atoms with E-state index in [1.165, 1.54) is 16.6 Å². The molecule has 0 saturated carbocycles. The molecule has 0 fully saturated rings. The Morgan fingerprint density at radius 3 is 2.24 bits per heavy atom. The third kappa shape index (κ3) is 1.94. The first-order valence-corrected chi connectivity index (χ1v) is 6.25. The molecule has 0 bridgehead atoms. The maximum absolute atomic E-state index is 4.63. The summed E-state index contributed by atoms with van der Waals surface area (Å²) in [5.74, 6) is 1.79. The summed E-state index contributed by atoms with van der Waals surface area (Å²) in [5, 5.41) is 1.25. The molecule has 0 aliphatic carbocycles. The highest BCUT2D eigenvalue weighted by atomic mass is 15.0. The van der Waals surface area contributed by atoms with Crippen LogP contribution in [-0.4, -0.2) is 14.5 Å². The molecule has 2 aromatic rings. The number of hydrogen-bond donors (Lipinski definition) is 0. The van der Waals surface area contributed by atoms with Crippen molar-refractivity contribution in [1.82, 2.24) is 14.5 Å². The third-order valence-electron chi connectivity index (χ3n) is 3.15. The lowest BCUT2D eigenvalue weighted by molar-refractivity contribution is 0.809. The highest BCUT2D eigenvalue weighted by molar-refractivity contribution is 5.84. The average molecular weight is 231 g/mol. The molecule has 0 aliphatic heterocycles. The van der Waals surface area contributed by atoms with Gasteiger partial charge >= 0.3 is 0 Å². The van der Waals surface area contributed by atoms with Crippen LogP contribution in [-0.2, 0) is 7.05 Å². The maximum atomic E-state index is 4.63. The Bertz CT molecular complexity index is 550. The van der Waals surface area contributed by atoms with Crippen molar-refractivity contribution in [3.05, 3.63) is 23.3 Å². The Hall–Kier alpha value is -1.38. The number of hydrogen-bond acceptors (Lipinski definition) is 2. The van der Waals surface area contributed by atoms with Gasteiger partial charge in [0.25, 0.3) is 0 Å². The van der Waals surface area contributed by atoms with E-state index in [1.54, 1.807) is 0 Å². The van der Waals surface area contributed by atoms with Gasteiger partial charge in [-0.25, -0.2) is 9.97 Å². The summed E-state index contributed by atoms with van der Waals surface area (Å²) in [6, 6.07) is 0. The summed E-state index contributed by atoms with van der Waals surface area (Å²) in [6.07, 6.45) is 2.19.